The number of rotatable bonds is 4. The van der Waals surface area contributed by atoms with Crippen molar-refractivity contribution in [3.63, 3.8) is 0 Å². The number of hydrogen-bond donors (Lipinski definition) is 0. The van der Waals surface area contributed by atoms with E-state index >= 15 is 0 Å². The van der Waals surface area contributed by atoms with E-state index in [-0.39, 0.29) is 23.7 Å². The van der Waals surface area contributed by atoms with Crippen molar-refractivity contribution in [1.29, 1.82) is 0 Å². The topological polar surface area (TPSA) is 49.0 Å². The van der Waals surface area contributed by atoms with Gasteiger partial charge in [0, 0.05) is 25.3 Å². The maximum atomic E-state index is 13.6. The van der Waals surface area contributed by atoms with Crippen molar-refractivity contribution in [3.05, 3.63) is 81.3 Å². The Morgan fingerprint density at radius 2 is 1.80 bits per heavy atom. The highest BCUT2D eigenvalue weighted by Crippen LogP contribution is 2.36. The lowest BCUT2D eigenvalue weighted by molar-refractivity contribution is 0.0622. The van der Waals surface area contributed by atoms with Crippen LogP contribution >= 0.6 is 0 Å². The van der Waals surface area contributed by atoms with E-state index in [9.17, 15) is 18.0 Å². The van der Waals surface area contributed by atoms with Gasteiger partial charge in [-0.05, 0) is 54.8 Å². The molecule has 2 heterocycles. The lowest BCUT2D eigenvalue weighted by Gasteiger charge is -2.34. The van der Waals surface area contributed by atoms with Crippen LogP contribution in [0.1, 0.15) is 48.3 Å². The minimum Gasteiger partial charge on any atom is -0.490 e. The van der Waals surface area contributed by atoms with Crippen LogP contribution in [0.2, 0.25) is 0 Å². The molecule has 2 aliphatic rings. The second kappa shape index (κ2) is 7.04. The number of nitrogens with zero attached hydrogens (tertiary/aromatic N) is 3. The third kappa shape index (κ3) is 3.20. The molecular weight excluding hydrogens is 395 g/mol. The standard InChI is InChI=1S/C22H20F3N3O2/c1-12-6-17(2-3-19(12)25)30-18-10-16(11-18)28-22(29)27-20(4-5-21(27)26-28)13-7-14(23)9-15(24)8-13/h2-3,6-9,16,18,20H,4-5,10-11H2,1H3/t16?,18?,20-/m0/s1. The highest BCUT2D eigenvalue weighted by molar-refractivity contribution is 5.29. The van der Waals surface area contributed by atoms with E-state index in [4.69, 9.17) is 4.74 Å². The van der Waals surface area contributed by atoms with E-state index in [2.05, 4.69) is 5.10 Å². The predicted molar refractivity (Wildman–Crippen MR) is 103 cm³/mol. The zero-order valence-electron chi connectivity index (χ0n) is 16.3. The average molecular weight is 415 g/mol. The number of fused-ring (bicyclic) bond motifs is 1. The first-order valence-corrected chi connectivity index (χ1v) is 9.98. The number of hydrogen-bond acceptors (Lipinski definition) is 3. The molecular formula is C22H20F3N3O2. The molecule has 1 aliphatic heterocycles. The molecule has 3 aromatic rings. The van der Waals surface area contributed by atoms with E-state index in [1.54, 1.807) is 23.6 Å². The first kappa shape index (κ1) is 19.0. The van der Waals surface area contributed by atoms with Crippen LogP contribution in [0.25, 0.3) is 0 Å². The monoisotopic (exact) mass is 415 g/mol. The molecule has 0 radical (unpaired) electrons. The third-order valence-electron chi connectivity index (χ3n) is 5.97. The van der Waals surface area contributed by atoms with Crippen molar-refractivity contribution in [3.8, 4) is 5.75 Å². The minimum absolute atomic E-state index is 0.0728. The lowest BCUT2D eigenvalue weighted by Crippen LogP contribution is -2.41. The van der Waals surface area contributed by atoms with E-state index in [1.807, 2.05) is 0 Å². The van der Waals surface area contributed by atoms with Crippen molar-refractivity contribution < 1.29 is 17.9 Å². The first-order valence-electron chi connectivity index (χ1n) is 9.98. The molecule has 2 aromatic carbocycles. The van der Waals surface area contributed by atoms with Crippen molar-refractivity contribution in [1.82, 2.24) is 14.3 Å². The molecule has 1 atom stereocenters. The van der Waals surface area contributed by atoms with Gasteiger partial charge in [0.05, 0.1) is 12.1 Å². The summed E-state index contributed by atoms with van der Waals surface area (Å²) < 4.78 is 49.6. The summed E-state index contributed by atoms with van der Waals surface area (Å²) in [5, 5.41) is 4.47. The fourth-order valence-electron chi connectivity index (χ4n) is 4.35. The Morgan fingerprint density at radius 1 is 1.07 bits per heavy atom. The summed E-state index contributed by atoms with van der Waals surface area (Å²) in [7, 11) is 0. The van der Waals surface area contributed by atoms with Gasteiger partial charge in [-0.25, -0.2) is 22.6 Å². The molecule has 0 saturated heterocycles. The molecule has 0 amide bonds. The van der Waals surface area contributed by atoms with Crippen LogP contribution in [0.5, 0.6) is 5.75 Å². The summed E-state index contributed by atoms with van der Waals surface area (Å²) in [4.78, 5) is 13.0. The van der Waals surface area contributed by atoms with Crippen LogP contribution < -0.4 is 10.4 Å². The molecule has 0 bridgehead atoms. The van der Waals surface area contributed by atoms with Crippen molar-refractivity contribution >= 4 is 0 Å². The second-order valence-corrected chi connectivity index (χ2v) is 8.05. The molecule has 0 N–H and O–H groups in total. The number of aryl methyl sites for hydroxylation is 2. The number of aromatic nitrogens is 3. The average Bonchev–Trinajstić information content (AvgIpc) is 3.20. The van der Waals surface area contributed by atoms with Gasteiger partial charge in [0.25, 0.3) is 0 Å². The summed E-state index contributed by atoms with van der Waals surface area (Å²) in [6.07, 6.45) is 2.32. The first-order chi connectivity index (χ1) is 14.4. The van der Waals surface area contributed by atoms with Crippen LogP contribution in [0.4, 0.5) is 13.2 Å². The van der Waals surface area contributed by atoms with Crippen molar-refractivity contribution in [2.45, 2.75) is 50.8 Å². The maximum Gasteiger partial charge on any atom is 0.346 e. The Balaban J connectivity index is 1.32. The molecule has 0 spiro atoms. The molecule has 1 aliphatic carbocycles. The quantitative estimate of drug-likeness (QED) is 0.645. The van der Waals surface area contributed by atoms with Gasteiger partial charge in [-0.15, -0.1) is 0 Å². The van der Waals surface area contributed by atoms with Crippen LogP contribution in [-0.2, 0) is 6.42 Å². The Bertz CT molecular complexity index is 1160. The highest BCUT2D eigenvalue weighted by atomic mass is 19.1. The van der Waals surface area contributed by atoms with Crippen LogP contribution in [0.15, 0.2) is 41.2 Å². The number of benzene rings is 2. The Kier molecular flexibility index (Phi) is 4.45. The summed E-state index contributed by atoms with van der Waals surface area (Å²) >= 11 is 0. The van der Waals surface area contributed by atoms with Gasteiger partial charge in [-0.2, -0.15) is 5.10 Å². The van der Waals surface area contributed by atoms with Gasteiger partial charge in [0.2, 0.25) is 0 Å². The maximum absolute atomic E-state index is 13.6. The smallest absolute Gasteiger partial charge is 0.346 e. The Labute approximate surface area is 170 Å². The predicted octanol–water partition coefficient (Wildman–Crippen LogP) is 4.09. The van der Waals surface area contributed by atoms with E-state index < -0.39 is 17.7 Å². The molecule has 30 heavy (non-hydrogen) atoms. The second-order valence-electron chi connectivity index (χ2n) is 8.05. The van der Waals surface area contributed by atoms with E-state index in [0.29, 0.717) is 48.4 Å². The highest BCUT2D eigenvalue weighted by Gasteiger charge is 2.37. The van der Waals surface area contributed by atoms with Gasteiger partial charge in [-0.3, -0.25) is 4.57 Å². The molecule has 1 aromatic heterocycles. The zero-order valence-corrected chi connectivity index (χ0v) is 16.3. The summed E-state index contributed by atoms with van der Waals surface area (Å²) in [6, 6.07) is 7.48. The largest absolute Gasteiger partial charge is 0.490 e. The number of halogens is 3. The Morgan fingerprint density at radius 3 is 2.50 bits per heavy atom. The van der Waals surface area contributed by atoms with Crippen LogP contribution in [0.3, 0.4) is 0 Å². The molecule has 156 valence electrons. The summed E-state index contributed by atoms with van der Waals surface area (Å²) in [6.45, 7) is 1.68. The SMILES string of the molecule is Cc1cc(OC2CC(n3nc4n(c3=O)[C@H](c3cc(F)cc(F)c3)CC4)C2)ccc1F. The molecule has 8 heteroatoms. The van der Waals surface area contributed by atoms with E-state index in [1.165, 1.54) is 22.9 Å². The third-order valence-corrected chi connectivity index (χ3v) is 5.97. The van der Waals surface area contributed by atoms with Crippen molar-refractivity contribution in [2.75, 3.05) is 0 Å². The fourth-order valence-corrected chi connectivity index (χ4v) is 4.35. The van der Waals surface area contributed by atoms with E-state index in [0.717, 1.165) is 6.07 Å². The minimum atomic E-state index is -0.658. The lowest BCUT2D eigenvalue weighted by atomic mass is 9.89. The fraction of sp³-hybridized carbons (Fsp3) is 0.364. The van der Waals surface area contributed by atoms with Crippen LogP contribution in [0, 0.1) is 24.4 Å². The van der Waals surface area contributed by atoms with Gasteiger partial charge in [0.15, 0.2) is 0 Å². The van der Waals surface area contributed by atoms with Crippen LogP contribution in [-0.4, -0.2) is 20.5 Å². The molecule has 1 saturated carbocycles. The molecule has 0 unspecified atom stereocenters. The Hall–Kier alpha value is -3.03. The normalized spacial score (nSPS) is 22.6. The summed E-state index contributed by atoms with van der Waals surface area (Å²) in [5.74, 6) is -0.359. The van der Waals surface area contributed by atoms with Gasteiger partial charge in [-0.1, -0.05) is 0 Å². The molecule has 5 nitrogen and oxygen atoms in total. The zero-order chi connectivity index (χ0) is 21.0. The van der Waals surface area contributed by atoms with Crippen molar-refractivity contribution in [2.24, 2.45) is 0 Å². The number of ether oxygens (including phenoxy) is 1. The summed E-state index contributed by atoms with van der Waals surface area (Å²) in [5.41, 5.74) is 0.692. The van der Waals surface area contributed by atoms with Gasteiger partial charge in [0.1, 0.15) is 35.1 Å². The van der Waals surface area contributed by atoms with Gasteiger partial charge < -0.3 is 4.74 Å². The molecule has 1 fully saturated rings. The van der Waals surface area contributed by atoms with Gasteiger partial charge >= 0.3 is 5.69 Å². The molecule has 5 rings (SSSR count).